The summed E-state index contributed by atoms with van der Waals surface area (Å²) in [6, 6.07) is 58.0. The Morgan fingerprint density at radius 1 is 0.444 bits per heavy atom. The van der Waals surface area contributed by atoms with Crippen LogP contribution >= 0.6 is 11.3 Å². The first-order valence-electron chi connectivity index (χ1n) is 19.3. The number of hydrogen-bond acceptors (Lipinski definition) is 2. The molecule has 54 heavy (non-hydrogen) atoms. The molecule has 1 aromatic heterocycles. The minimum atomic E-state index is -0.571. The molecule has 0 N–H and O–H groups in total. The van der Waals surface area contributed by atoms with E-state index in [4.69, 9.17) is 4.65 Å². The number of thiophene rings is 1. The lowest BCUT2D eigenvalue weighted by Crippen LogP contribution is -2.47. The summed E-state index contributed by atoms with van der Waals surface area (Å²) in [7, 11) is 0.529. The lowest BCUT2D eigenvalue weighted by atomic mass is 9.51. The van der Waals surface area contributed by atoms with Crippen molar-refractivity contribution in [2.75, 3.05) is 0 Å². The van der Waals surface area contributed by atoms with Crippen molar-refractivity contribution in [1.29, 1.82) is 0 Å². The molecule has 0 fully saturated rings. The Kier molecular flexibility index (Phi) is 6.53. The van der Waals surface area contributed by atoms with Gasteiger partial charge in [0.1, 0.15) is 0 Å². The van der Waals surface area contributed by atoms with Crippen molar-refractivity contribution < 1.29 is 4.65 Å². The van der Waals surface area contributed by atoms with Crippen molar-refractivity contribution in [2.24, 2.45) is 5.41 Å². The normalized spacial score (nSPS) is 15.5. The van der Waals surface area contributed by atoms with E-state index < -0.39 is 10.8 Å². The first-order chi connectivity index (χ1) is 26.2. The van der Waals surface area contributed by atoms with E-state index in [1.165, 1.54) is 92.4 Å². The van der Waals surface area contributed by atoms with Crippen molar-refractivity contribution in [2.45, 2.75) is 51.0 Å². The van der Waals surface area contributed by atoms with E-state index in [2.05, 4.69) is 186 Å². The largest absolute Gasteiger partial charge is 0.429 e. The molecule has 0 amide bonds. The monoisotopic (exact) mass is 712 g/mol. The topological polar surface area (TPSA) is 9.23 Å². The lowest BCUT2D eigenvalue weighted by Gasteiger charge is -2.49. The second-order valence-corrected chi connectivity index (χ2v) is 18.1. The molecule has 260 valence electrons. The van der Waals surface area contributed by atoms with Gasteiger partial charge in [-0.25, -0.2) is 0 Å². The average molecular weight is 713 g/mol. The highest BCUT2D eigenvalue weighted by molar-refractivity contribution is 7.25. The predicted octanol–water partition coefficient (Wildman–Crippen LogP) is 11.9. The highest BCUT2D eigenvalue weighted by atomic mass is 32.1. The molecule has 11 rings (SSSR count). The van der Waals surface area contributed by atoms with Crippen molar-refractivity contribution in [3.63, 3.8) is 0 Å². The van der Waals surface area contributed by atoms with E-state index in [9.17, 15) is 0 Å². The number of fused-ring (bicyclic) bond motifs is 19. The Balaban J connectivity index is 1.30. The van der Waals surface area contributed by atoms with Gasteiger partial charge in [0.2, 0.25) is 0 Å². The Morgan fingerprint density at radius 3 is 1.57 bits per heavy atom. The first-order valence-corrected chi connectivity index (χ1v) is 20.1. The van der Waals surface area contributed by atoms with Crippen molar-refractivity contribution in [1.82, 2.24) is 0 Å². The zero-order chi connectivity index (χ0) is 36.6. The molecule has 8 aromatic rings. The van der Waals surface area contributed by atoms with Gasteiger partial charge in [-0.05, 0) is 110 Å². The summed E-state index contributed by atoms with van der Waals surface area (Å²) in [5.41, 5.74) is 16.0. The Hall–Kier alpha value is -5.22. The maximum Gasteiger partial charge on any atom is 0.309 e. The van der Waals surface area contributed by atoms with Gasteiger partial charge < -0.3 is 4.65 Å². The van der Waals surface area contributed by atoms with E-state index in [-0.39, 0.29) is 11.0 Å². The molecular weight excluding hydrogens is 671 g/mol. The molecule has 1 nitrogen and oxygen atoms in total. The molecule has 0 saturated carbocycles. The van der Waals surface area contributed by atoms with Crippen molar-refractivity contribution in [3.05, 3.63) is 196 Å². The van der Waals surface area contributed by atoms with Crippen LogP contribution in [0.25, 0.3) is 42.4 Å². The zero-order valence-corrected chi connectivity index (χ0v) is 32.3. The second-order valence-electron chi connectivity index (χ2n) is 17.1. The van der Waals surface area contributed by atoms with Crippen LogP contribution in [0.1, 0.15) is 79.1 Å². The summed E-state index contributed by atoms with van der Waals surface area (Å²) in [5, 5.41) is 2.66. The van der Waals surface area contributed by atoms with Crippen LogP contribution in [0.3, 0.4) is 0 Å². The summed E-state index contributed by atoms with van der Waals surface area (Å²) < 4.78 is 9.69. The Bertz CT molecular complexity index is 2770. The van der Waals surface area contributed by atoms with Gasteiger partial charge in [-0.2, -0.15) is 0 Å². The summed E-state index contributed by atoms with van der Waals surface area (Å²) in [5.74, 6) is 0. The maximum atomic E-state index is 7.02. The highest BCUT2D eigenvalue weighted by Crippen LogP contribution is 2.67. The smallest absolute Gasteiger partial charge is 0.309 e. The van der Waals surface area contributed by atoms with Gasteiger partial charge in [0, 0.05) is 20.2 Å². The number of hydrogen-bond donors (Lipinski definition) is 0. The minimum absolute atomic E-state index is 0.0311. The molecule has 3 aliphatic rings. The van der Waals surface area contributed by atoms with Gasteiger partial charge in [-0.3, -0.25) is 0 Å². The van der Waals surface area contributed by atoms with E-state index in [1.54, 1.807) is 0 Å². The summed E-state index contributed by atoms with van der Waals surface area (Å²) in [4.78, 5) is 0. The van der Waals surface area contributed by atoms with Crippen LogP contribution in [-0.2, 0) is 15.5 Å². The van der Waals surface area contributed by atoms with E-state index in [0.717, 1.165) is 0 Å². The van der Waals surface area contributed by atoms with Crippen molar-refractivity contribution >= 4 is 44.5 Å². The molecule has 0 atom stereocenters. The molecule has 7 aromatic carbocycles. The van der Waals surface area contributed by atoms with Gasteiger partial charge in [0.15, 0.2) is 0 Å². The van der Waals surface area contributed by atoms with Crippen molar-refractivity contribution in [3.8, 4) is 22.3 Å². The lowest BCUT2D eigenvalue weighted by molar-refractivity contribution is 0.00501. The average Bonchev–Trinajstić information content (AvgIpc) is 3.80. The third-order valence-corrected chi connectivity index (χ3v) is 14.7. The predicted molar refractivity (Wildman–Crippen MR) is 229 cm³/mol. The van der Waals surface area contributed by atoms with Crippen LogP contribution in [0.4, 0.5) is 0 Å². The van der Waals surface area contributed by atoms with Crippen LogP contribution in [0.5, 0.6) is 0 Å². The molecule has 2 spiro atoms. The van der Waals surface area contributed by atoms with Crippen LogP contribution in [0.15, 0.2) is 152 Å². The Morgan fingerprint density at radius 2 is 0.963 bits per heavy atom. The second kappa shape index (κ2) is 10.9. The minimum Gasteiger partial charge on any atom is -0.429 e. The fourth-order valence-electron chi connectivity index (χ4n) is 10.2. The summed E-state index contributed by atoms with van der Waals surface area (Å²) >= 11 is 1.90. The summed E-state index contributed by atoms with van der Waals surface area (Å²) in [6.45, 7) is 11.3. The number of benzene rings is 7. The molecular formula is C51H41BOS. The highest BCUT2D eigenvalue weighted by Gasteiger charge is 2.59. The van der Waals surface area contributed by atoms with Gasteiger partial charge in [0.25, 0.3) is 0 Å². The van der Waals surface area contributed by atoms with Gasteiger partial charge in [-0.15, -0.1) is 11.3 Å². The van der Waals surface area contributed by atoms with E-state index >= 15 is 0 Å². The Labute approximate surface area is 322 Å². The van der Waals surface area contributed by atoms with Crippen LogP contribution < -0.4 is 5.46 Å². The molecule has 0 bridgehead atoms. The molecule has 1 heterocycles. The van der Waals surface area contributed by atoms with E-state index in [0.29, 0.717) is 7.48 Å². The fourth-order valence-corrected chi connectivity index (χ4v) is 11.4. The van der Waals surface area contributed by atoms with E-state index in [1.807, 2.05) is 11.3 Å². The van der Waals surface area contributed by atoms with Crippen LogP contribution in [0.2, 0.25) is 0 Å². The third kappa shape index (κ3) is 3.89. The number of rotatable bonds is 3. The molecule has 3 heteroatoms. The quantitative estimate of drug-likeness (QED) is 0.166. The molecule has 0 saturated heterocycles. The first kappa shape index (κ1) is 32.2. The van der Waals surface area contributed by atoms with Crippen LogP contribution in [0, 0.1) is 5.41 Å². The molecule has 0 unspecified atom stereocenters. The van der Waals surface area contributed by atoms with Gasteiger partial charge >= 0.3 is 7.48 Å². The molecule has 3 aliphatic carbocycles. The molecule has 0 aliphatic heterocycles. The van der Waals surface area contributed by atoms with Crippen LogP contribution in [-0.4, -0.2) is 13.1 Å². The maximum absolute atomic E-state index is 7.02. The zero-order valence-electron chi connectivity index (χ0n) is 31.5. The summed E-state index contributed by atoms with van der Waals surface area (Å²) in [6.07, 6.45) is 0. The third-order valence-electron chi connectivity index (χ3n) is 13.6. The van der Waals surface area contributed by atoms with Gasteiger partial charge in [0.05, 0.1) is 16.4 Å². The standard InChI is InChI=1S/C51H41BOS/c1-48(2,3)49(4,5)53-52-44-27-16-20-34-35-30-46-36(33-19-8-15-28-45(33)54-46)29-43(35)51(47(34)44)41-25-13-11-23-39(41)50(40-24-12-14-26-42(40)51)37-21-9-6-17-31(37)32-18-7-10-22-38(32)50/h6-30,52H,1-5H3. The molecule has 0 radical (unpaired) electrons. The SMILES string of the molecule is CC(C)(C)C(C)(C)OBc1cccc2c1C1(c3cc4c(cc3-2)sc2ccccc24)c2ccccc2C2(c3ccccc3-c3ccccc32)c2ccccc21. The van der Waals surface area contributed by atoms with Gasteiger partial charge in [-0.1, -0.05) is 154 Å². The fraction of sp³-hybridized carbons (Fsp3) is 0.176.